The van der Waals surface area contributed by atoms with Gasteiger partial charge in [-0.25, -0.2) is 4.98 Å². The van der Waals surface area contributed by atoms with Crippen LogP contribution in [-0.2, 0) is 25.8 Å². The summed E-state index contributed by atoms with van der Waals surface area (Å²) < 4.78 is 46.5. The number of hydrogen-bond acceptors (Lipinski definition) is 5. The fourth-order valence-corrected chi connectivity index (χ4v) is 4.14. The van der Waals surface area contributed by atoms with Gasteiger partial charge in [-0.15, -0.1) is 0 Å². The summed E-state index contributed by atoms with van der Waals surface area (Å²) in [6.07, 6.45) is -4.64. The van der Waals surface area contributed by atoms with Gasteiger partial charge >= 0.3 is 6.18 Å². The molecular formula is C25H19ClF3N5OS. The van der Waals surface area contributed by atoms with E-state index in [1.807, 2.05) is 42.5 Å². The third-order valence-electron chi connectivity index (χ3n) is 5.61. The van der Waals surface area contributed by atoms with Gasteiger partial charge in [-0.1, -0.05) is 35.9 Å². The van der Waals surface area contributed by atoms with E-state index in [0.717, 1.165) is 22.8 Å². The van der Waals surface area contributed by atoms with Crippen molar-refractivity contribution in [2.24, 2.45) is 0 Å². The summed E-state index contributed by atoms with van der Waals surface area (Å²) in [6.45, 7) is 1.13. The molecule has 0 fully saturated rings. The van der Waals surface area contributed by atoms with Gasteiger partial charge in [0.25, 0.3) is 0 Å². The number of halogens is 4. The first-order chi connectivity index (χ1) is 17.2. The molecule has 6 nitrogen and oxygen atoms in total. The Balaban J connectivity index is 1.27. The highest BCUT2D eigenvalue weighted by Gasteiger charge is 2.35. The van der Waals surface area contributed by atoms with Gasteiger partial charge in [-0.2, -0.15) is 18.2 Å². The number of hydrogen-bond donors (Lipinski definition) is 2. The number of nitrogens with one attached hydrogen (secondary N) is 2. The molecule has 11 heteroatoms. The van der Waals surface area contributed by atoms with Gasteiger partial charge in [-0.3, -0.25) is 0 Å². The zero-order chi connectivity index (χ0) is 25.3. The normalized spacial score (nSPS) is 12.9. The lowest BCUT2D eigenvalue weighted by atomic mass is 10.1. The average molecular weight is 530 g/mol. The Bertz CT molecular complexity index is 1380. The first-order valence-electron chi connectivity index (χ1n) is 10.9. The topological polar surface area (TPSA) is 66.2 Å². The number of furan rings is 1. The van der Waals surface area contributed by atoms with Crippen molar-refractivity contribution >= 4 is 40.7 Å². The van der Waals surface area contributed by atoms with Crippen molar-refractivity contribution in [3.63, 3.8) is 0 Å². The standard InChI is InChI=1S/C25H19ClF3N5OS/c26-18-7-5-15(6-8-18)20-10-9-19(35-20)12-30-24(36)33-23-31-21(25(27,28)29)11-22(32-23)34-13-16-3-1-2-4-17(16)14-34/h1-11H,12-14H2,(H2,30,31,32,33,36). The lowest BCUT2D eigenvalue weighted by Crippen LogP contribution is -2.29. The predicted octanol–water partition coefficient (Wildman–Crippen LogP) is 6.42. The van der Waals surface area contributed by atoms with Crippen LogP contribution in [-0.4, -0.2) is 15.1 Å². The molecule has 0 amide bonds. The summed E-state index contributed by atoms with van der Waals surface area (Å²) in [7, 11) is 0. The molecule has 36 heavy (non-hydrogen) atoms. The number of aromatic nitrogens is 2. The Morgan fingerprint density at radius 1 is 1.00 bits per heavy atom. The zero-order valence-electron chi connectivity index (χ0n) is 18.6. The number of fused-ring (bicyclic) bond motifs is 1. The van der Waals surface area contributed by atoms with Gasteiger partial charge in [0, 0.05) is 29.7 Å². The van der Waals surface area contributed by atoms with E-state index in [-0.39, 0.29) is 23.4 Å². The van der Waals surface area contributed by atoms with E-state index in [0.29, 0.717) is 29.6 Å². The molecule has 0 bridgehead atoms. The minimum atomic E-state index is -4.64. The summed E-state index contributed by atoms with van der Waals surface area (Å²) in [5.41, 5.74) is 1.91. The lowest BCUT2D eigenvalue weighted by Gasteiger charge is -2.19. The van der Waals surface area contributed by atoms with Crippen LogP contribution in [0.25, 0.3) is 11.3 Å². The Labute approximate surface area is 215 Å². The van der Waals surface area contributed by atoms with Crippen LogP contribution in [0.4, 0.5) is 24.9 Å². The Kier molecular flexibility index (Phi) is 6.55. The second-order valence-corrected chi connectivity index (χ2v) is 8.98. The van der Waals surface area contributed by atoms with Crippen LogP contribution >= 0.6 is 23.8 Å². The molecule has 0 atom stereocenters. The van der Waals surface area contributed by atoms with E-state index in [1.54, 1.807) is 23.1 Å². The van der Waals surface area contributed by atoms with E-state index in [9.17, 15) is 13.2 Å². The van der Waals surface area contributed by atoms with E-state index in [2.05, 4.69) is 20.6 Å². The van der Waals surface area contributed by atoms with Gasteiger partial charge < -0.3 is 20.0 Å². The smallest absolute Gasteiger partial charge is 0.433 e. The number of nitrogens with zero attached hydrogens (tertiary/aromatic N) is 3. The van der Waals surface area contributed by atoms with E-state index in [1.165, 1.54) is 0 Å². The molecule has 0 saturated heterocycles. The molecule has 2 N–H and O–H groups in total. The minimum Gasteiger partial charge on any atom is -0.459 e. The van der Waals surface area contributed by atoms with Crippen molar-refractivity contribution in [2.45, 2.75) is 25.8 Å². The molecular weight excluding hydrogens is 511 g/mol. The lowest BCUT2D eigenvalue weighted by molar-refractivity contribution is -0.141. The molecule has 0 radical (unpaired) electrons. The van der Waals surface area contributed by atoms with E-state index in [4.69, 9.17) is 28.2 Å². The van der Waals surface area contributed by atoms with E-state index < -0.39 is 11.9 Å². The van der Waals surface area contributed by atoms with Crippen LogP contribution in [0.2, 0.25) is 5.02 Å². The van der Waals surface area contributed by atoms with Gasteiger partial charge in [-0.05, 0) is 59.7 Å². The van der Waals surface area contributed by atoms with Crippen molar-refractivity contribution in [3.05, 3.63) is 94.3 Å². The number of thiocarbonyl (C=S) groups is 1. The van der Waals surface area contributed by atoms with Crippen LogP contribution < -0.4 is 15.5 Å². The second-order valence-electron chi connectivity index (χ2n) is 8.14. The summed E-state index contributed by atoms with van der Waals surface area (Å²) in [5.74, 6) is 1.16. The Morgan fingerprint density at radius 2 is 1.69 bits per heavy atom. The number of benzene rings is 2. The van der Waals surface area contributed by atoms with Gasteiger partial charge in [0.15, 0.2) is 10.8 Å². The van der Waals surface area contributed by atoms with Crippen LogP contribution in [0, 0.1) is 0 Å². The van der Waals surface area contributed by atoms with E-state index >= 15 is 0 Å². The maximum atomic E-state index is 13.6. The molecule has 1 aliphatic heterocycles. The summed E-state index contributed by atoms with van der Waals surface area (Å²) in [5, 5.41) is 6.27. The number of rotatable bonds is 5. The van der Waals surface area contributed by atoms with Crippen molar-refractivity contribution in [3.8, 4) is 11.3 Å². The molecule has 5 rings (SSSR count). The molecule has 4 aromatic rings. The Morgan fingerprint density at radius 3 is 2.36 bits per heavy atom. The third-order valence-corrected chi connectivity index (χ3v) is 6.11. The number of anilines is 2. The number of alkyl halides is 3. The molecule has 0 spiro atoms. The summed E-state index contributed by atoms with van der Waals surface area (Å²) in [6, 6.07) is 19.5. The van der Waals surface area contributed by atoms with Gasteiger partial charge in [0.05, 0.1) is 6.54 Å². The van der Waals surface area contributed by atoms with Gasteiger partial charge in [0.2, 0.25) is 5.95 Å². The maximum absolute atomic E-state index is 13.6. The molecule has 2 aromatic carbocycles. The van der Waals surface area contributed by atoms with Crippen molar-refractivity contribution in [1.29, 1.82) is 0 Å². The van der Waals surface area contributed by atoms with Crippen LogP contribution in [0.5, 0.6) is 0 Å². The SMILES string of the molecule is FC(F)(F)c1cc(N2Cc3ccccc3C2)nc(NC(=S)NCc2ccc(-c3ccc(Cl)cc3)o2)n1. The highest BCUT2D eigenvalue weighted by molar-refractivity contribution is 7.80. The fraction of sp³-hybridized carbons (Fsp3) is 0.160. The first kappa shape index (κ1) is 24.1. The molecule has 3 heterocycles. The van der Waals surface area contributed by atoms with Crippen molar-refractivity contribution < 1.29 is 17.6 Å². The first-order valence-corrected chi connectivity index (χ1v) is 11.7. The quantitative estimate of drug-likeness (QED) is 0.289. The van der Waals surface area contributed by atoms with Crippen LogP contribution in [0.1, 0.15) is 22.6 Å². The second kappa shape index (κ2) is 9.79. The Hall–Kier alpha value is -3.63. The molecule has 2 aromatic heterocycles. The molecule has 0 aliphatic carbocycles. The molecule has 0 saturated carbocycles. The maximum Gasteiger partial charge on any atom is 0.433 e. The highest BCUT2D eigenvalue weighted by Crippen LogP contribution is 2.33. The summed E-state index contributed by atoms with van der Waals surface area (Å²) >= 11 is 11.2. The summed E-state index contributed by atoms with van der Waals surface area (Å²) in [4.78, 5) is 9.70. The minimum absolute atomic E-state index is 0.0643. The van der Waals surface area contributed by atoms with Crippen LogP contribution in [0.15, 0.2) is 71.1 Å². The predicted molar refractivity (Wildman–Crippen MR) is 136 cm³/mol. The van der Waals surface area contributed by atoms with Gasteiger partial charge in [0.1, 0.15) is 17.3 Å². The zero-order valence-corrected chi connectivity index (χ0v) is 20.2. The third kappa shape index (κ3) is 5.44. The largest absolute Gasteiger partial charge is 0.459 e. The average Bonchev–Trinajstić information content (AvgIpc) is 3.50. The monoisotopic (exact) mass is 529 g/mol. The van der Waals surface area contributed by atoms with Crippen molar-refractivity contribution in [2.75, 3.05) is 10.2 Å². The highest BCUT2D eigenvalue weighted by atomic mass is 35.5. The molecule has 184 valence electrons. The fourth-order valence-electron chi connectivity index (χ4n) is 3.85. The van der Waals surface area contributed by atoms with Crippen LogP contribution in [0.3, 0.4) is 0 Å². The molecule has 1 aliphatic rings. The van der Waals surface area contributed by atoms with Crippen molar-refractivity contribution in [1.82, 2.24) is 15.3 Å². The molecule has 0 unspecified atom stereocenters.